The van der Waals surface area contributed by atoms with Crippen molar-refractivity contribution in [1.82, 2.24) is 0 Å². The van der Waals surface area contributed by atoms with Gasteiger partial charge in [0.2, 0.25) is 0 Å². The van der Waals surface area contributed by atoms with Crippen molar-refractivity contribution in [3.05, 3.63) is 63.2 Å². The van der Waals surface area contributed by atoms with Crippen LogP contribution in [0, 0.1) is 36.5 Å². The molecule has 0 amide bonds. The van der Waals surface area contributed by atoms with Crippen LogP contribution in [0.25, 0.3) is 16.7 Å². The highest BCUT2D eigenvalue weighted by atomic mass is 16.5. The highest BCUT2D eigenvalue weighted by Gasteiger charge is 2.32. The van der Waals surface area contributed by atoms with E-state index in [0.29, 0.717) is 28.9 Å². The molecule has 1 aliphatic carbocycles. The summed E-state index contributed by atoms with van der Waals surface area (Å²) in [5.41, 5.74) is 6.15. The number of aliphatic hydroxyl groups is 1. The Morgan fingerprint density at radius 3 is 2.41 bits per heavy atom. The number of aliphatic hydroxyl groups excluding tert-OH is 1. The Morgan fingerprint density at radius 1 is 1.07 bits per heavy atom. The number of unbranched alkanes of at least 4 members (excludes halogenated alkanes) is 1. The second-order valence-electron chi connectivity index (χ2n) is 7.18. The predicted molar refractivity (Wildman–Crippen MR) is 110 cm³/mol. The summed E-state index contributed by atoms with van der Waals surface area (Å²) in [5.74, 6) is -0.424. The number of fused-ring (bicyclic) bond motifs is 3. The summed E-state index contributed by atoms with van der Waals surface area (Å²) >= 11 is 0. The molecule has 2 aromatic carbocycles. The van der Waals surface area contributed by atoms with Crippen molar-refractivity contribution in [2.75, 3.05) is 6.61 Å². The van der Waals surface area contributed by atoms with Gasteiger partial charge in [0.05, 0.1) is 18.8 Å². The van der Waals surface area contributed by atoms with Crippen molar-refractivity contribution in [3.8, 4) is 23.3 Å². The topological polar surface area (TPSA) is 94.1 Å². The Hall–Kier alpha value is -3.41. The van der Waals surface area contributed by atoms with E-state index in [1.54, 1.807) is 6.07 Å². The van der Waals surface area contributed by atoms with E-state index in [9.17, 15) is 20.4 Å². The highest BCUT2D eigenvalue weighted by Crippen LogP contribution is 2.48. The van der Waals surface area contributed by atoms with Gasteiger partial charge in [-0.05, 0) is 65.8 Å². The fourth-order valence-corrected chi connectivity index (χ4v) is 3.71. The molecule has 0 saturated carbocycles. The molecule has 0 unspecified atom stereocenters. The molecule has 0 radical (unpaired) electrons. The average Bonchev–Trinajstić information content (AvgIpc) is 3.01. The molecule has 0 fully saturated rings. The number of hydrogen-bond donors (Lipinski definition) is 1. The summed E-state index contributed by atoms with van der Waals surface area (Å²) in [6, 6.07) is 11.3. The van der Waals surface area contributed by atoms with Crippen LogP contribution in [0.1, 0.15) is 57.9 Å². The van der Waals surface area contributed by atoms with Crippen LogP contribution < -0.4 is 0 Å². The van der Waals surface area contributed by atoms with E-state index in [1.807, 2.05) is 51.1 Å². The summed E-state index contributed by atoms with van der Waals surface area (Å²) in [4.78, 5) is 12.9. The molecule has 146 valence electrons. The van der Waals surface area contributed by atoms with Crippen LogP contribution in [-0.4, -0.2) is 17.7 Å². The van der Waals surface area contributed by atoms with E-state index in [-0.39, 0.29) is 12.2 Å². The second-order valence-corrected chi connectivity index (χ2v) is 7.18. The molecule has 1 N–H and O–H groups in total. The van der Waals surface area contributed by atoms with Crippen LogP contribution in [0.5, 0.6) is 0 Å². The molecule has 0 spiro atoms. The third kappa shape index (κ3) is 3.53. The minimum Gasteiger partial charge on any atom is -0.462 e. The number of nitriles is 2. The van der Waals surface area contributed by atoms with Crippen LogP contribution >= 0.6 is 0 Å². The number of carbonyl (C=O) groups excluding carboxylic acids is 1. The summed E-state index contributed by atoms with van der Waals surface area (Å²) in [5, 5.41) is 28.8. The molecule has 0 bridgehead atoms. The molecule has 0 aliphatic heterocycles. The van der Waals surface area contributed by atoms with E-state index in [4.69, 9.17) is 4.74 Å². The third-order valence-electron chi connectivity index (χ3n) is 5.16. The highest BCUT2D eigenvalue weighted by molar-refractivity contribution is 6.11. The Balaban J connectivity index is 2.34. The normalized spacial score (nSPS) is 11.3. The molecule has 2 aromatic rings. The molecule has 1 aliphatic rings. The summed E-state index contributed by atoms with van der Waals surface area (Å²) in [6.45, 7) is 5.96. The lowest BCUT2D eigenvalue weighted by molar-refractivity contribution is 0.0500. The number of esters is 1. The van der Waals surface area contributed by atoms with Crippen molar-refractivity contribution in [2.45, 2.75) is 40.2 Å². The molecule has 0 saturated heterocycles. The first-order chi connectivity index (χ1) is 14.0. The maximum atomic E-state index is 12.9. The number of aryl methyl sites for hydroxylation is 2. The smallest absolute Gasteiger partial charge is 0.338 e. The Morgan fingerprint density at radius 2 is 1.79 bits per heavy atom. The molecule has 0 atom stereocenters. The van der Waals surface area contributed by atoms with Gasteiger partial charge in [-0.1, -0.05) is 25.5 Å². The van der Waals surface area contributed by atoms with Gasteiger partial charge in [0, 0.05) is 11.1 Å². The Bertz CT molecular complexity index is 1100. The van der Waals surface area contributed by atoms with Crippen LogP contribution in [0.2, 0.25) is 0 Å². The Kier molecular flexibility index (Phi) is 5.82. The quantitative estimate of drug-likeness (QED) is 0.393. The van der Waals surface area contributed by atoms with E-state index in [1.165, 1.54) is 0 Å². The minimum atomic E-state index is -0.424. The number of carbonyl (C=O) groups is 1. The summed E-state index contributed by atoms with van der Waals surface area (Å²) in [6.07, 6.45) is 1.70. The SMILES string of the molecule is CCCCOC(=O)c1cc(C)cc2c1-c1cc(CO)c(C)cc1C2=C(C#N)C#N. The standard InChI is InChI=1S/C24H22N2O3/c1-4-5-6-29-24(28)21-8-14(2)7-20-22(17(11-25)12-26)18-9-15(3)16(13-27)10-19(18)23(20)21/h7-10,27H,4-6,13H2,1-3H3. The van der Waals surface area contributed by atoms with Gasteiger partial charge >= 0.3 is 5.97 Å². The van der Waals surface area contributed by atoms with E-state index < -0.39 is 5.97 Å². The van der Waals surface area contributed by atoms with Gasteiger partial charge < -0.3 is 9.84 Å². The first-order valence-corrected chi connectivity index (χ1v) is 9.58. The molecule has 29 heavy (non-hydrogen) atoms. The van der Waals surface area contributed by atoms with Crippen molar-refractivity contribution in [2.24, 2.45) is 0 Å². The fourth-order valence-electron chi connectivity index (χ4n) is 3.71. The first-order valence-electron chi connectivity index (χ1n) is 9.58. The first kappa shape index (κ1) is 20.3. The molecule has 5 heteroatoms. The maximum Gasteiger partial charge on any atom is 0.338 e. The van der Waals surface area contributed by atoms with Crippen molar-refractivity contribution in [3.63, 3.8) is 0 Å². The minimum absolute atomic E-state index is 0.00273. The largest absolute Gasteiger partial charge is 0.462 e. The van der Waals surface area contributed by atoms with Gasteiger partial charge in [-0.25, -0.2) is 4.79 Å². The number of rotatable bonds is 5. The van der Waals surface area contributed by atoms with Gasteiger partial charge in [-0.15, -0.1) is 0 Å². The molecule has 0 aromatic heterocycles. The van der Waals surface area contributed by atoms with Gasteiger partial charge in [0.1, 0.15) is 17.7 Å². The number of nitrogens with zero attached hydrogens (tertiary/aromatic N) is 2. The maximum absolute atomic E-state index is 12.9. The van der Waals surface area contributed by atoms with Gasteiger partial charge in [-0.3, -0.25) is 0 Å². The zero-order valence-electron chi connectivity index (χ0n) is 16.8. The van der Waals surface area contributed by atoms with Gasteiger partial charge in [-0.2, -0.15) is 10.5 Å². The predicted octanol–water partition coefficient (Wildman–Crippen LogP) is 4.58. The van der Waals surface area contributed by atoms with E-state index in [2.05, 4.69) is 0 Å². The summed E-state index contributed by atoms with van der Waals surface area (Å²) in [7, 11) is 0. The average molecular weight is 386 g/mol. The van der Waals surface area contributed by atoms with E-state index in [0.717, 1.165) is 40.7 Å². The van der Waals surface area contributed by atoms with Crippen molar-refractivity contribution < 1.29 is 14.6 Å². The monoisotopic (exact) mass is 386 g/mol. The zero-order chi connectivity index (χ0) is 21.1. The Labute approximate surface area is 170 Å². The van der Waals surface area contributed by atoms with Crippen molar-refractivity contribution in [1.29, 1.82) is 10.5 Å². The van der Waals surface area contributed by atoms with Crippen LogP contribution in [-0.2, 0) is 11.3 Å². The van der Waals surface area contributed by atoms with Gasteiger partial charge in [0.25, 0.3) is 0 Å². The third-order valence-corrected chi connectivity index (χ3v) is 5.16. The van der Waals surface area contributed by atoms with E-state index >= 15 is 0 Å². The summed E-state index contributed by atoms with van der Waals surface area (Å²) < 4.78 is 5.46. The molecule has 0 heterocycles. The lowest BCUT2D eigenvalue weighted by Crippen LogP contribution is -2.09. The molecule has 5 nitrogen and oxygen atoms in total. The number of ether oxygens (including phenoxy) is 1. The fraction of sp³-hybridized carbons (Fsp3) is 0.292. The van der Waals surface area contributed by atoms with Crippen LogP contribution in [0.4, 0.5) is 0 Å². The van der Waals surface area contributed by atoms with Crippen molar-refractivity contribution >= 4 is 11.5 Å². The molecular formula is C24H22N2O3. The lowest BCUT2D eigenvalue weighted by Gasteiger charge is -2.12. The van der Waals surface area contributed by atoms with Gasteiger partial charge in [0.15, 0.2) is 0 Å². The van der Waals surface area contributed by atoms with Crippen LogP contribution in [0.15, 0.2) is 29.8 Å². The molecular weight excluding hydrogens is 364 g/mol. The van der Waals surface area contributed by atoms with Crippen LogP contribution in [0.3, 0.4) is 0 Å². The number of hydrogen-bond acceptors (Lipinski definition) is 5. The molecule has 3 rings (SSSR count). The zero-order valence-corrected chi connectivity index (χ0v) is 16.8. The number of allylic oxidation sites excluding steroid dienone is 1. The number of benzene rings is 2. The second kappa shape index (κ2) is 8.31. The lowest BCUT2D eigenvalue weighted by atomic mass is 9.95.